The van der Waals surface area contributed by atoms with Crippen molar-refractivity contribution in [1.82, 2.24) is 4.90 Å². The quantitative estimate of drug-likeness (QED) is 0.350. The molecule has 1 heterocycles. The van der Waals surface area contributed by atoms with Gasteiger partial charge in [-0.1, -0.05) is 23.4 Å². The van der Waals surface area contributed by atoms with Crippen LogP contribution in [0.25, 0.3) is 0 Å². The van der Waals surface area contributed by atoms with Gasteiger partial charge in [0, 0.05) is 12.6 Å². The topological polar surface area (TPSA) is 88.1 Å². The van der Waals surface area contributed by atoms with Gasteiger partial charge in [0.1, 0.15) is 18.3 Å². The van der Waals surface area contributed by atoms with Gasteiger partial charge in [-0.25, -0.2) is 0 Å². The van der Waals surface area contributed by atoms with Gasteiger partial charge in [-0.3, -0.25) is 4.79 Å². The first-order valence-electron chi connectivity index (χ1n) is 5.56. The second-order valence-electron chi connectivity index (χ2n) is 4.19. The van der Waals surface area contributed by atoms with Crippen LogP contribution < -0.4 is 10.5 Å². The molecule has 0 saturated heterocycles. The molecule has 1 aromatic rings. The van der Waals surface area contributed by atoms with Gasteiger partial charge in [-0.2, -0.15) is 0 Å². The number of amidine groups is 1. The molecule has 0 bridgehead atoms. The van der Waals surface area contributed by atoms with Crippen molar-refractivity contribution < 1.29 is 14.7 Å². The van der Waals surface area contributed by atoms with Crippen molar-refractivity contribution in [3.8, 4) is 5.75 Å². The molecule has 0 saturated carbocycles. The van der Waals surface area contributed by atoms with Crippen LogP contribution in [0.3, 0.4) is 0 Å². The Balaban J connectivity index is 2.12. The molecule has 0 spiro atoms. The molecule has 0 aromatic heterocycles. The van der Waals surface area contributed by atoms with Crippen molar-refractivity contribution in [3.63, 3.8) is 0 Å². The van der Waals surface area contributed by atoms with E-state index in [0.717, 1.165) is 11.3 Å². The largest absolute Gasteiger partial charge is 0.492 e. The van der Waals surface area contributed by atoms with Crippen LogP contribution >= 0.6 is 0 Å². The van der Waals surface area contributed by atoms with Crippen LogP contribution in [0.15, 0.2) is 29.4 Å². The monoisotopic (exact) mass is 249 g/mol. The Labute approximate surface area is 105 Å². The zero-order chi connectivity index (χ0) is 13.1. The van der Waals surface area contributed by atoms with Crippen molar-refractivity contribution in [2.75, 3.05) is 20.2 Å². The molecule has 1 amide bonds. The molecule has 6 nitrogen and oxygen atoms in total. The number of nitrogens with two attached hydrogens (primary N) is 1. The van der Waals surface area contributed by atoms with E-state index in [1.165, 1.54) is 4.90 Å². The maximum atomic E-state index is 12.2. The number of hydrogen-bond donors (Lipinski definition) is 2. The number of carbonyl (C=O) groups is 1. The van der Waals surface area contributed by atoms with Crippen LogP contribution in [-0.2, 0) is 4.79 Å². The third-order valence-electron chi connectivity index (χ3n) is 2.90. The Morgan fingerprint density at radius 2 is 2.33 bits per heavy atom. The maximum absolute atomic E-state index is 12.2. The normalized spacial score (nSPS) is 18.1. The Kier molecular flexibility index (Phi) is 3.36. The Bertz CT molecular complexity index is 487. The van der Waals surface area contributed by atoms with Crippen LogP contribution in [0.4, 0.5) is 0 Å². The third kappa shape index (κ3) is 2.22. The first-order valence-corrected chi connectivity index (χ1v) is 5.56. The molecular weight excluding hydrogens is 234 g/mol. The second kappa shape index (κ2) is 4.95. The number of amides is 1. The molecule has 1 aliphatic rings. The summed E-state index contributed by atoms with van der Waals surface area (Å²) in [5.41, 5.74) is 6.26. The van der Waals surface area contributed by atoms with E-state index in [2.05, 4.69) is 5.16 Å². The van der Waals surface area contributed by atoms with E-state index >= 15 is 0 Å². The molecule has 1 aliphatic heterocycles. The van der Waals surface area contributed by atoms with Gasteiger partial charge in [0.15, 0.2) is 5.84 Å². The van der Waals surface area contributed by atoms with Gasteiger partial charge in [-0.05, 0) is 6.07 Å². The van der Waals surface area contributed by atoms with E-state index < -0.39 is 0 Å². The molecular formula is C12H15N3O3. The minimum atomic E-state index is -0.322. The molecule has 3 N–H and O–H groups in total. The standard InChI is InChI=1S/C12H15N3O3/c1-15(6-11(13)14-17)12(16)9-7-18-10-5-3-2-4-8(9)10/h2-5,9,17H,6-7H2,1H3,(H2,13,14). The third-order valence-corrected chi connectivity index (χ3v) is 2.90. The van der Waals surface area contributed by atoms with Crippen molar-refractivity contribution in [2.24, 2.45) is 10.9 Å². The summed E-state index contributed by atoms with van der Waals surface area (Å²) in [5, 5.41) is 11.3. The van der Waals surface area contributed by atoms with E-state index in [1.54, 1.807) is 7.05 Å². The minimum Gasteiger partial charge on any atom is -0.492 e. The first-order chi connectivity index (χ1) is 8.63. The summed E-state index contributed by atoms with van der Waals surface area (Å²) in [6.45, 7) is 0.423. The van der Waals surface area contributed by atoms with Crippen LogP contribution in [-0.4, -0.2) is 42.0 Å². The fraction of sp³-hybridized carbons (Fsp3) is 0.333. The number of benzene rings is 1. The average molecular weight is 249 g/mol. The van der Waals surface area contributed by atoms with Crippen LogP contribution in [0.5, 0.6) is 5.75 Å². The fourth-order valence-corrected chi connectivity index (χ4v) is 1.99. The molecule has 0 radical (unpaired) electrons. The molecule has 2 rings (SSSR count). The minimum absolute atomic E-state index is 0.00181. The predicted octanol–water partition coefficient (Wildman–Crippen LogP) is 0.367. The number of oxime groups is 1. The Hall–Kier alpha value is -2.24. The zero-order valence-electron chi connectivity index (χ0n) is 10.0. The molecule has 0 aliphatic carbocycles. The SMILES string of the molecule is CN(CC(N)=NO)C(=O)C1COc2ccccc21. The van der Waals surface area contributed by atoms with E-state index in [1.807, 2.05) is 24.3 Å². The number of carbonyl (C=O) groups excluding carboxylic acids is 1. The van der Waals surface area contributed by atoms with Gasteiger partial charge in [0.2, 0.25) is 5.91 Å². The van der Waals surface area contributed by atoms with E-state index in [9.17, 15) is 4.79 Å². The lowest BCUT2D eigenvalue weighted by Crippen LogP contribution is -2.38. The van der Waals surface area contributed by atoms with E-state index in [4.69, 9.17) is 15.7 Å². The lowest BCUT2D eigenvalue weighted by atomic mass is 10.00. The summed E-state index contributed by atoms with van der Waals surface area (Å²) in [6, 6.07) is 7.46. The summed E-state index contributed by atoms with van der Waals surface area (Å²) in [7, 11) is 1.61. The summed E-state index contributed by atoms with van der Waals surface area (Å²) in [4.78, 5) is 13.6. The number of rotatable bonds is 3. The lowest BCUT2D eigenvalue weighted by molar-refractivity contribution is -0.131. The summed E-state index contributed by atoms with van der Waals surface area (Å²) in [6.07, 6.45) is 0. The number of hydrogen-bond acceptors (Lipinski definition) is 4. The smallest absolute Gasteiger partial charge is 0.233 e. The Morgan fingerprint density at radius 1 is 1.61 bits per heavy atom. The number of fused-ring (bicyclic) bond motifs is 1. The molecule has 1 unspecified atom stereocenters. The van der Waals surface area contributed by atoms with Crippen LogP contribution in [0, 0.1) is 0 Å². The first kappa shape index (κ1) is 12.2. The maximum Gasteiger partial charge on any atom is 0.233 e. The molecule has 96 valence electrons. The van der Waals surface area contributed by atoms with Gasteiger partial charge in [0.25, 0.3) is 0 Å². The average Bonchev–Trinajstić information content (AvgIpc) is 2.81. The van der Waals surface area contributed by atoms with Crippen molar-refractivity contribution >= 4 is 11.7 Å². The second-order valence-corrected chi connectivity index (χ2v) is 4.19. The molecule has 6 heteroatoms. The van der Waals surface area contributed by atoms with Crippen molar-refractivity contribution in [2.45, 2.75) is 5.92 Å². The van der Waals surface area contributed by atoms with Gasteiger partial charge < -0.3 is 20.6 Å². The van der Waals surface area contributed by atoms with Crippen LogP contribution in [0.1, 0.15) is 11.5 Å². The number of nitrogens with zero attached hydrogens (tertiary/aromatic N) is 2. The highest BCUT2D eigenvalue weighted by molar-refractivity contribution is 5.90. The Morgan fingerprint density at radius 3 is 3.06 bits per heavy atom. The lowest BCUT2D eigenvalue weighted by Gasteiger charge is -2.19. The van der Waals surface area contributed by atoms with Crippen molar-refractivity contribution in [1.29, 1.82) is 0 Å². The highest BCUT2D eigenvalue weighted by Crippen LogP contribution is 2.34. The van der Waals surface area contributed by atoms with E-state index in [0.29, 0.717) is 6.61 Å². The number of likely N-dealkylation sites (N-methyl/N-ethyl adjacent to an activating group) is 1. The van der Waals surface area contributed by atoms with Crippen LogP contribution in [0.2, 0.25) is 0 Å². The van der Waals surface area contributed by atoms with Crippen molar-refractivity contribution in [3.05, 3.63) is 29.8 Å². The highest BCUT2D eigenvalue weighted by Gasteiger charge is 2.32. The number of ether oxygens (including phenoxy) is 1. The predicted molar refractivity (Wildman–Crippen MR) is 65.7 cm³/mol. The zero-order valence-corrected chi connectivity index (χ0v) is 10.0. The van der Waals surface area contributed by atoms with Gasteiger partial charge >= 0.3 is 0 Å². The summed E-state index contributed by atoms with van der Waals surface area (Å²) >= 11 is 0. The number of para-hydroxylation sites is 1. The van der Waals surface area contributed by atoms with E-state index in [-0.39, 0.29) is 24.2 Å². The molecule has 1 aromatic carbocycles. The molecule has 0 fully saturated rings. The van der Waals surface area contributed by atoms with Gasteiger partial charge in [0.05, 0.1) is 6.54 Å². The highest BCUT2D eigenvalue weighted by atomic mass is 16.5. The summed E-state index contributed by atoms with van der Waals surface area (Å²) in [5.74, 6) is 0.315. The fourth-order valence-electron chi connectivity index (χ4n) is 1.99. The van der Waals surface area contributed by atoms with Gasteiger partial charge in [-0.15, -0.1) is 0 Å². The molecule has 1 atom stereocenters. The summed E-state index contributed by atoms with van der Waals surface area (Å²) < 4.78 is 5.46. The molecule has 18 heavy (non-hydrogen) atoms.